The van der Waals surface area contributed by atoms with E-state index in [2.05, 4.69) is 44.4 Å². The maximum absolute atomic E-state index is 4.40. The van der Waals surface area contributed by atoms with Gasteiger partial charge in [-0.1, -0.05) is 24.3 Å². The van der Waals surface area contributed by atoms with Crippen molar-refractivity contribution in [2.75, 3.05) is 26.2 Å². The number of aromatic nitrogens is 1. The summed E-state index contributed by atoms with van der Waals surface area (Å²) in [5, 5.41) is 2.17. The van der Waals surface area contributed by atoms with Gasteiger partial charge in [-0.25, -0.2) is 4.98 Å². The Bertz CT molecular complexity index is 563. The molecule has 1 saturated heterocycles. The molecule has 4 rings (SSSR count). The van der Waals surface area contributed by atoms with Crippen LogP contribution in [0.4, 0.5) is 0 Å². The van der Waals surface area contributed by atoms with E-state index < -0.39 is 0 Å². The van der Waals surface area contributed by atoms with Crippen LogP contribution in [-0.2, 0) is 19.4 Å². The fourth-order valence-electron chi connectivity index (χ4n) is 3.63. The van der Waals surface area contributed by atoms with E-state index in [0.29, 0.717) is 0 Å². The number of hydrogen-bond acceptors (Lipinski definition) is 4. The summed E-state index contributed by atoms with van der Waals surface area (Å²) in [6.45, 7) is 5.75. The van der Waals surface area contributed by atoms with Crippen molar-refractivity contribution in [3.05, 3.63) is 52.0 Å². The molecule has 2 aromatic rings. The zero-order valence-corrected chi connectivity index (χ0v) is 13.1. The van der Waals surface area contributed by atoms with Crippen LogP contribution in [0.1, 0.15) is 16.8 Å². The lowest BCUT2D eigenvalue weighted by Crippen LogP contribution is -2.50. The molecule has 2 heterocycles. The van der Waals surface area contributed by atoms with Gasteiger partial charge in [-0.2, -0.15) is 0 Å². The van der Waals surface area contributed by atoms with Crippen molar-refractivity contribution in [3.8, 4) is 0 Å². The molecule has 0 atom stereocenters. The van der Waals surface area contributed by atoms with Gasteiger partial charge in [-0.3, -0.25) is 9.80 Å². The Morgan fingerprint density at radius 2 is 1.76 bits per heavy atom. The normalized spacial score (nSPS) is 20.8. The average Bonchev–Trinajstić information content (AvgIpc) is 3.16. The molecule has 0 spiro atoms. The summed E-state index contributed by atoms with van der Waals surface area (Å²) in [7, 11) is 0. The van der Waals surface area contributed by atoms with Crippen molar-refractivity contribution in [1.82, 2.24) is 14.8 Å². The molecule has 0 unspecified atom stereocenters. The first-order valence-corrected chi connectivity index (χ1v) is 8.73. The molecule has 1 aromatic carbocycles. The van der Waals surface area contributed by atoms with Gasteiger partial charge in [-0.05, 0) is 24.0 Å². The third-order valence-corrected chi connectivity index (χ3v) is 5.46. The lowest BCUT2D eigenvalue weighted by atomic mass is 10.1. The van der Waals surface area contributed by atoms with Gasteiger partial charge in [-0.15, -0.1) is 11.3 Å². The van der Waals surface area contributed by atoms with Crippen LogP contribution in [0.5, 0.6) is 0 Å². The summed E-state index contributed by atoms with van der Waals surface area (Å²) in [4.78, 5) is 9.62. The van der Waals surface area contributed by atoms with E-state index in [1.807, 2.05) is 5.51 Å². The van der Waals surface area contributed by atoms with Gasteiger partial charge in [0.25, 0.3) is 0 Å². The number of piperazine rings is 1. The van der Waals surface area contributed by atoms with Gasteiger partial charge < -0.3 is 0 Å². The molecule has 0 saturated carbocycles. The lowest BCUT2D eigenvalue weighted by Gasteiger charge is -2.37. The highest BCUT2D eigenvalue weighted by atomic mass is 32.1. The van der Waals surface area contributed by atoms with Crippen LogP contribution in [-0.4, -0.2) is 47.0 Å². The van der Waals surface area contributed by atoms with Crippen molar-refractivity contribution < 1.29 is 0 Å². The van der Waals surface area contributed by atoms with Gasteiger partial charge in [0.15, 0.2) is 0 Å². The van der Waals surface area contributed by atoms with Crippen LogP contribution in [0.2, 0.25) is 0 Å². The monoisotopic (exact) mass is 299 g/mol. The molecule has 1 aliphatic heterocycles. The molecule has 1 aliphatic carbocycles. The Hall–Kier alpha value is -1.23. The number of nitrogens with zero attached hydrogens (tertiary/aromatic N) is 3. The minimum absolute atomic E-state index is 0.726. The summed E-state index contributed by atoms with van der Waals surface area (Å²) in [5.41, 5.74) is 6.28. The second kappa shape index (κ2) is 5.87. The van der Waals surface area contributed by atoms with Crippen molar-refractivity contribution in [1.29, 1.82) is 0 Å². The Balaban J connectivity index is 1.32. The number of rotatable bonds is 3. The van der Waals surface area contributed by atoms with Gasteiger partial charge in [0.1, 0.15) is 0 Å². The van der Waals surface area contributed by atoms with E-state index >= 15 is 0 Å². The van der Waals surface area contributed by atoms with Crippen LogP contribution in [0.3, 0.4) is 0 Å². The Morgan fingerprint density at radius 3 is 2.38 bits per heavy atom. The number of benzene rings is 1. The van der Waals surface area contributed by atoms with Crippen LogP contribution in [0, 0.1) is 0 Å². The minimum Gasteiger partial charge on any atom is -0.297 e. The summed E-state index contributed by atoms with van der Waals surface area (Å²) in [6, 6.07) is 9.67. The van der Waals surface area contributed by atoms with Crippen LogP contribution < -0.4 is 0 Å². The zero-order valence-electron chi connectivity index (χ0n) is 12.2. The van der Waals surface area contributed by atoms with Gasteiger partial charge in [0.2, 0.25) is 0 Å². The van der Waals surface area contributed by atoms with E-state index in [9.17, 15) is 0 Å². The quantitative estimate of drug-likeness (QED) is 0.868. The van der Waals surface area contributed by atoms with Crippen molar-refractivity contribution in [3.63, 3.8) is 0 Å². The van der Waals surface area contributed by atoms with Gasteiger partial charge in [0, 0.05) is 44.1 Å². The summed E-state index contributed by atoms with van der Waals surface area (Å²) >= 11 is 1.69. The third-order valence-electron chi connectivity index (χ3n) is 4.82. The lowest BCUT2D eigenvalue weighted by molar-refractivity contribution is 0.0943. The van der Waals surface area contributed by atoms with Gasteiger partial charge >= 0.3 is 0 Å². The van der Waals surface area contributed by atoms with E-state index in [1.54, 1.807) is 22.5 Å². The molecule has 0 bridgehead atoms. The number of thiazole rings is 1. The summed E-state index contributed by atoms with van der Waals surface area (Å²) in [6.07, 6.45) is 2.48. The molecule has 1 fully saturated rings. The average molecular weight is 299 g/mol. The molecule has 110 valence electrons. The number of fused-ring (bicyclic) bond motifs is 1. The molecule has 0 N–H and O–H groups in total. The predicted octanol–water partition coefficient (Wildman–Crippen LogP) is 2.43. The molecule has 21 heavy (non-hydrogen) atoms. The highest BCUT2D eigenvalue weighted by Gasteiger charge is 2.28. The molecule has 0 amide bonds. The maximum atomic E-state index is 4.40. The largest absolute Gasteiger partial charge is 0.297 e. The highest BCUT2D eigenvalue weighted by molar-refractivity contribution is 7.07. The van der Waals surface area contributed by atoms with Crippen LogP contribution in [0.15, 0.2) is 35.2 Å². The zero-order chi connectivity index (χ0) is 14.1. The first-order valence-electron chi connectivity index (χ1n) is 7.79. The van der Waals surface area contributed by atoms with Crippen LogP contribution in [0.25, 0.3) is 0 Å². The smallest absolute Gasteiger partial charge is 0.0795 e. The molecule has 3 nitrogen and oxygen atoms in total. The Labute approximate surface area is 130 Å². The summed E-state index contributed by atoms with van der Waals surface area (Å²) in [5.74, 6) is 0. The van der Waals surface area contributed by atoms with Crippen LogP contribution >= 0.6 is 11.3 Å². The fraction of sp³-hybridized carbons (Fsp3) is 0.471. The first-order chi connectivity index (χ1) is 10.4. The molecular formula is C17H21N3S. The van der Waals surface area contributed by atoms with Gasteiger partial charge in [0.05, 0.1) is 11.2 Å². The topological polar surface area (TPSA) is 19.4 Å². The molecular weight excluding hydrogens is 278 g/mol. The molecule has 0 radical (unpaired) electrons. The van der Waals surface area contributed by atoms with E-state index in [4.69, 9.17) is 0 Å². The maximum Gasteiger partial charge on any atom is 0.0795 e. The van der Waals surface area contributed by atoms with E-state index in [0.717, 1.165) is 12.6 Å². The Kier molecular flexibility index (Phi) is 3.76. The molecule has 4 heteroatoms. The second-order valence-corrected chi connectivity index (χ2v) is 6.84. The first kappa shape index (κ1) is 13.4. The fourth-order valence-corrected chi connectivity index (χ4v) is 4.17. The Morgan fingerprint density at radius 1 is 1.05 bits per heavy atom. The molecule has 1 aromatic heterocycles. The highest BCUT2D eigenvalue weighted by Crippen LogP contribution is 2.26. The van der Waals surface area contributed by atoms with E-state index in [-0.39, 0.29) is 0 Å². The number of hydrogen-bond donors (Lipinski definition) is 0. The molecule has 2 aliphatic rings. The predicted molar refractivity (Wildman–Crippen MR) is 86.6 cm³/mol. The second-order valence-electron chi connectivity index (χ2n) is 6.12. The third kappa shape index (κ3) is 2.89. The SMILES string of the molecule is c1ccc2c(c1)CC(N1CCN(Cc3cscn3)CC1)C2. The van der Waals surface area contributed by atoms with E-state index in [1.165, 1.54) is 44.7 Å². The minimum atomic E-state index is 0.726. The summed E-state index contributed by atoms with van der Waals surface area (Å²) < 4.78 is 0. The van der Waals surface area contributed by atoms with Crippen molar-refractivity contribution in [2.45, 2.75) is 25.4 Å². The standard InChI is InChI=1S/C17H21N3S/c1-2-4-15-10-17(9-14(15)3-1)20-7-5-19(6-8-20)11-16-12-21-13-18-16/h1-4,12-13,17H,5-11H2. The van der Waals surface area contributed by atoms with Crippen molar-refractivity contribution >= 4 is 11.3 Å². The van der Waals surface area contributed by atoms with Crippen molar-refractivity contribution in [2.24, 2.45) is 0 Å².